The van der Waals surface area contributed by atoms with E-state index in [9.17, 15) is 14.9 Å². The van der Waals surface area contributed by atoms with E-state index in [2.05, 4.69) is 10.5 Å². The Labute approximate surface area is 185 Å². The lowest BCUT2D eigenvalue weighted by Gasteiger charge is -2.16. The summed E-state index contributed by atoms with van der Waals surface area (Å²) in [5.74, 6) is 0.688. The molecule has 0 saturated heterocycles. The van der Waals surface area contributed by atoms with Crippen molar-refractivity contribution in [3.8, 4) is 17.2 Å². The third-order valence-corrected chi connectivity index (χ3v) is 4.38. The number of nitrogens with zero attached hydrogens (tertiary/aromatic N) is 2. The van der Waals surface area contributed by atoms with Crippen LogP contribution >= 0.6 is 11.6 Å². The van der Waals surface area contributed by atoms with E-state index in [-0.39, 0.29) is 16.3 Å². The molecule has 0 unspecified atom stereocenters. The number of benzene rings is 2. The van der Waals surface area contributed by atoms with E-state index in [1.54, 1.807) is 25.1 Å². The van der Waals surface area contributed by atoms with Gasteiger partial charge in [-0.15, -0.1) is 0 Å². The van der Waals surface area contributed by atoms with Crippen molar-refractivity contribution in [2.75, 3.05) is 19.8 Å². The molecule has 2 aromatic carbocycles. The summed E-state index contributed by atoms with van der Waals surface area (Å²) in [5, 5.41) is 15.1. The Hall–Kier alpha value is -3.33. The van der Waals surface area contributed by atoms with Crippen LogP contribution in [0.2, 0.25) is 5.02 Å². The van der Waals surface area contributed by atoms with Gasteiger partial charge in [0.25, 0.3) is 11.6 Å². The molecule has 166 valence electrons. The fourth-order valence-electron chi connectivity index (χ4n) is 2.66. The summed E-state index contributed by atoms with van der Waals surface area (Å²) in [6.45, 7) is 8.26. The Balaban J connectivity index is 2.32. The molecule has 0 aliphatic carbocycles. The van der Waals surface area contributed by atoms with E-state index < -0.39 is 10.8 Å². The first-order valence-corrected chi connectivity index (χ1v) is 10.0. The Kier molecular flexibility index (Phi) is 8.63. The van der Waals surface area contributed by atoms with Gasteiger partial charge in [0.15, 0.2) is 11.5 Å². The Bertz CT molecular complexity index is 966. The average Bonchev–Trinajstić information content (AvgIpc) is 2.74. The molecule has 0 aromatic heterocycles. The van der Waals surface area contributed by atoms with Gasteiger partial charge in [-0.2, -0.15) is 5.10 Å². The van der Waals surface area contributed by atoms with Gasteiger partial charge < -0.3 is 14.2 Å². The van der Waals surface area contributed by atoms with Crippen molar-refractivity contribution < 1.29 is 23.9 Å². The molecule has 2 rings (SSSR count). The minimum Gasteiger partial charge on any atom is -0.490 e. The second-order valence-corrected chi connectivity index (χ2v) is 6.57. The minimum absolute atomic E-state index is 0.0203. The molecular weight excluding hydrogens is 426 g/mol. The predicted molar refractivity (Wildman–Crippen MR) is 118 cm³/mol. The Morgan fingerprint density at radius 3 is 2.13 bits per heavy atom. The van der Waals surface area contributed by atoms with Gasteiger partial charge in [0, 0.05) is 17.2 Å². The highest BCUT2D eigenvalue weighted by Crippen LogP contribution is 2.39. The molecule has 10 heteroatoms. The number of hydrogen-bond donors (Lipinski definition) is 1. The number of hydrogen-bond acceptors (Lipinski definition) is 7. The number of ether oxygens (including phenoxy) is 3. The van der Waals surface area contributed by atoms with Crippen molar-refractivity contribution in [3.05, 3.63) is 56.6 Å². The van der Waals surface area contributed by atoms with Crippen LogP contribution in [0.1, 0.15) is 43.6 Å². The fourth-order valence-corrected chi connectivity index (χ4v) is 2.85. The fraction of sp³-hybridized carbons (Fsp3) is 0.333. The third-order valence-electron chi connectivity index (χ3n) is 4.06. The molecule has 0 radical (unpaired) electrons. The highest BCUT2D eigenvalue weighted by molar-refractivity contribution is 6.32. The molecule has 0 saturated carbocycles. The van der Waals surface area contributed by atoms with Crippen LogP contribution in [0.3, 0.4) is 0 Å². The largest absolute Gasteiger partial charge is 0.490 e. The number of rotatable bonds is 10. The maximum Gasteiger partial charge on any atom is 0.288 e. The number of carbonyl (C=O) groups excluding carboxylic acids is 1. The van der Waals surface area contributed by atoms with Crippen molar-refractivity contribution in [2.45, 2.75) is 27.7 Å². The predicted octanol–water partition coefficient (Wildman–Crippen LogP) is 4.60. The summed E-state index contributed by atoms with van der Waals surface area (Å²) < 4.78 is 16.9. The first-order chi connectivity index (χ1) is 14.8. The van der Waals surface area contributed by atoms with Crippen LogP contribution in [-0.2, 0) is 0 Å². The van der Waals surface area contributed by atoms with E-state index in [0.717, 1.165) is 0 Å². The second-order valence-electron chi connectivity index (χ2n) is 6.16. The number of nitro benzene ring substituents is 1. The Morgan fingerprint density at radius 2 is 1.61 bits per heavy atom. The monoisotopic (exact) mass is 449 g/mol. The molecule has 1 N–H and O–H groups in total. The first kappa shape index (κ1) is 23.9. The number of nitro groups is 1. The normalized spacial score (nSPS) is 11.1. The standard InChI is InChI=1S/C21H24ClN3O6/c1-5-29-18-11-15(12-19(30-6-2)20(18)31-7-3)21(26)24-23-13(4)14-8-9-16(22)17(10-14)25(27)28/h8-12H,5-7H2,1-4H3,(H,24,26)/b23-13-. The van der Waals surface area contributed by atoms with Gasteiger partial charge >= 0.3 is 0 Å². The van der Waals surface area contributed by atoms with E-state index >= 15 is 0 Å². The van der Waals surface area contributed by atoms with E-state index in [4.69, 9.17) is 25.8 Å². The van der Waals surface area contributed by atoms with Crippen LogP contribution in [0, 0.1) is 10.1 Å². The van der Waals surface area contributed by atoms with E-state index in [0.29, 0.717) is 48.3 Å². The zero-order valence-electron chi connectivity index (χ0n) is 17.7. The molecule has 9 nitrogen and oxygen atoms in total. The maximum atomic E-state index is 12.7. The van der Waals surface area contributed by atoms with Crippen LogP contribution in [0.15, 0.2) is 35.4 Å². The van der Waals surface area contributed by atoms with E-state index in [1.165, 1.54) is 12.1 Å². The van der Waals surface area contributed by atoms with Gasteiger partial charge in [0.05, 0.1) is 30.5 Å². The lowest BCUT2D eigenvalue weighted by Crippen LogP contribution is -2.20. The van der Waals surface area contributed by atoms with Crippen molar-refractivity contribution in [1.29, 1.82) is 0 Å². The zero-order valence-corrected chi connectivity index (χ0v) is 18.5. The molecule has 0 fully saturated rings. The van der Waals surface area contributed by atoms with Gasteiger partial charge in [0.1, 0.15) is 5.02 Å². The number of carbonyl (C=O) groups is 1. The van der Waals surface area contributed by atoms with Gasteiger partial charge in [-0.25, -0.2) is 5.43 Å². The first-order valence-electron chi connectivity index (χ1n) is 9.67. The topological polar surface area (TPSA) is 112 Å². The summed E-state index contributed by atoms with van der Waals surface area (Å²) in [5.41, 5.74) is 3.28. The summed E-state index contributed by atoms with van der Waals surface area (Å²) in [4.78, 5) is 23.2. The highest BCUT2D eigenvalue weighted by atomic mass is 35.5. The van der Waals surface area contributed by atoms with Gasteiger partial charge in [0.2, 0.25) is 5.75 Å². The van der Waals surface area contributed by atoms with Crippen LogP contribution in [0.5, 0.6) is 17.2 Å². The maximum absolute atomic E-state index is 12.7. The van der Waals surface area contributed by atoms with Crippen LogP contribution in [0.25, 0.3) is 0 Å². The molecular formula is C21H24ClN3O6. The van der Waals surface area contributed by atoms with Crippen molar-refractivity contribution in [3.63, 3.8) is 0 Å². The number of nitrogens with one attached hydrogen (secondary N) is 1. The molecule has 0 aliphatic heterocycles. The SMILES string of the molecule is CCOc1cc(C(=O)N/N=C(/C)c2ccc(Cl)c([N+](=O)[O-])c2)cc(OCC)c1OCC. The molecule has 2 aromatic rings. The van der Waals surface area contributed by atoms with Crippen LogP contribution < -0.4 is 19.6 Å². The summed E-state index contributed by atoms with van der Waals surface area (Å²) in [7, 11) is 0. The molecule has 1 amide bonds. The third kappa shape index (κ3) is 6.08. The quantitative estimate of drug-likeness (QED) is 0.322. The smallest absolute Gasteiger partial charge is 0.288 e. The van der Waals surface area contributed by atoms with Crippen molar-refractivity contribution >= 4 is 28.9 Å². The molecule has 0 bridgehead atoms. The van der Waals surface area contributed by atoms with Crippen LogP contribution in [-0.4, -0.2) is 36.4 Å². The summed E-state index contributed by atoms with van der Waals surface area (Å²) >= 11 is 5.83. The number of halogens is 1. The van der Waals surface area contributed by atoms with Gasteiger partial charge in [-0.3, -0.25) is 14.9 Å². The lowest BCUT2D eigenvalue weighted by molar-refractivity contribution is -0.384. The molecule has 0 atom stereocenters. The zero-order chi connectivity index (χ0) is 23.0. The van der Waals surface area contributed by atoms with Gasteiger partial charge in [-0.05, 0) is 45.9 Å². The van der Waals surface area contributed by atoms with Crippen molar-refractivity contribution in [2.24, 2.45) is 5.10 Å². The molecule has 31 heavy (non-hydrogen) atoms. The number of amides is 1. The number of hydrazone groups is 1. The van der Waals surface area contributed by atoms with Crippen LogP contribution in [0.4, 0.5) is 5.69 Å². The lowest BCUT2D eigenvalue weighted by atomic mass is 10.1. The summed E-state index contributed by atoms with van der Waals surface area (Å²) in [6.07, 6.45) is 0. The molecule has 0 spiro atoms. The van der Waals surface area contributed by atoms with E-state index in [1.807, 2.05) is 20.8 Å². The highest BCUT2D eigenvalue weighted by Gasteiger charge is 2.19. The summed E-state index contributed by atoms with van der Waals surface area (Å²) in [6, 6.07) is 7.38. The Morgan fingerprint density at radius 1 is 1.03 bits per heavy atom. The molecule has 0 heterocycles. The average molecular weight is 450 g/mol. The second kappa shape index (κ2) is 11.2. The minimum atomic E-state index is -0.581. The van der Waals surface area contributed by atoms with Crippen molar-refractivity contribution in [1.82, 2.24) is 5.43 Å². The molecule has 0 aliphatic rings. The van der Waals surface area contributed by atoms with Gasteiger partial charge in [-0.1, -0.05) is 17.7 Å².